The van der Waals surface area contributed by atoms with Crippen molar-refractivity contribution in [1.29, 1.82) is 0 Å². The van der Waals surface area contributed by atoms with Gasteiger partial charge in [-0.15, -0.1) is 0 Å². The minimum atomic E-state index is -1.62. The molecule has 9 nitrogen and oxygen atoms in total. The van der Waals surface area contributed by atoms with E-state index >= 15 is 0 Å². The number of esters is 2. The molecule has 73 heavy (non-hydrogen) atoms. The summed E-state index contributed by atoms with van der Waals surface area (Å²) in [5.41, 5.74) is 0. The molecule has 0 amide bonds. The summed E-state index contributed by atoms with van der Waals surface area (Å²) in [5.74, 6) is -2.27. The molecule has 0 aromatic rings. The second-order valence-corrected chi connectivity index (χ2v) is 22.3. The number of rotatable bonds is 58. The first-order valence-corrected chi connectivity index (χ1v) is 31.1. The number of likely N-dealkylation sites (N-methyl/N-ethyl adjacent to an activating group) is 1. The van der Waals surface area contributed by atoms with Gasteiger partial charge in [-0.25, -0.2) is 0 Å². The smallest absolute Gasteiger partial charge is 0.306 e. The maximum atomic E-state index is 12.9. The summed E-state index contributed by atoms with van der Waals surface area (Å²) >= 11 is 0. The number of hydrogen-bond acceptors (Lipinski definition) is 8. The molecule has 0 saturated carbocycles. The van der Waals surface area contributed by atoms with Crippen LogP contribution in [0.4, 0.5) is 0 Å². The van der Waals surface area contributed by atoms with E-state index in [-0.39, 0.29) is 32.2 Å². The zero-order valence-electron chi connectivity index (χ0n) is 48.8. The average molecular weight is 1030 g/mol. The Kier molecular flexibility index (Phi) is 53.8. The molecule has 0 heterocycles. The van der Waals surface area contributed by atoms with Crippen LogP contribution in [0.2, 0.25) is 0 Å². The number of aliphatic carboxylic acids is 1. The average Bonchev–Trinajstić information content (AvgIpc) is 3.36. The predicted molar refractivity (Wildman–Crippen MR) is 306 cm³/mol. The van der Waals surface area contributed by atoms with Gasteiger partial charge in [0.1, 0.15) is 13.2 Å². The molecule has 2 atom stereocenters. The van der Waals surface area contributed by atoms with Gasteiger partial charge in [-0.2, -0.15) is 0 Å². The zero-order valence-corrected chi connectivity index (χ0v) is 48.8. The first kappa shape index (κ1) is 70.5. The maximum Gasteiger partial charge on any atom is 0.306 e. The Labute approximate surface area is 451 Å². The van der Waals surface area contributed by atoms with Gasteiger partial charge in [-0.1, -0.05) is 249 Å². The van der Waals surface area contributed by atoms with Gasteiger partial charge in [-0.05, 0) is 70.6 Å². The third-order valence-electron chi connectivity index (χ3n) is 13.9. The number of nitrogens with zero attached hydrogens (tertiary/aromatic N) is 1. The van der Waals surface area contributed by atoms with Crippen LogP contribution in [0.15, 0.2) is 36.5 Å². The molecule has 0 saturated heterocycles. The standard InChI is InChI=1S/C64H119NO8/c1-6-8-10-12-14-16-18-20-22-24-26-28-29-30-31-32-33-35-36-38-40-42-44-46-48-50-52-54-61(66)71-58-60(59-72-64(63(68)69)70-57-56-65(3,4)5)73-62(67)55-53-51-49-47-45-43-41-39-37-34-27-25-23-21-19-17-15-13-11-9-7-2/h19,21,24-27,60,64H,6-18,20,22-23,28-59H2,1-5H3/b21-19-,26-24-,27-25-. The molecule has 0 aliphatic heterocycles. The normalized spacial score (nSPS) is 12.9. The highest BCUT2D eigenvalue weighted by Crippen LogP contribution is 2.17. The van der Waals surface area contributed by atoms with Crippen LogP contribution in [-0.4, -0.2) is 82.3 Å². The minimum Gasteiger partial charge on any atom is -0.545 e. The van der Waals surface area contributed by atoms with Crippen LogP contribution in [0.1, 0.15) is 296 Å². The van der Waals surface area contributed by atoms with Crippen molar-refractivity contribution in [1.82, 2.24) is 0 Å². The van der Waals surface area contributed by atoms with Gasteiger partial charge in [-0.3, -0.25) is 9.59 Å². The molecular formula is C64H119NO8. The lowest BCUT2D eigenvalue weighted by molar-refractivity contribution is -0.870. The van der Waals surface area contributed by atoms with Crippen LogP contribution >= 0.6 is 0 Å². The molecule has 428 valence electrons. The number of carbonyl (C=O) groups is 3. The van der Waals surface area contributed by atoms with Crippen molar-refractivity contribution in [3.05, 3.63) is 36.5 Å². The molecule has 0 fully saturated rings. The molecule has 0 radical (unpaired) electrons. The predicted octanol–water partition coefficient (Wildman–Crippen LogP) is 17.1. The highest BCUT2D eigenvalue weighted by atomic mass is 16.7. The van der Waals surface area contributed by atoms with Gasteiger partial charge >= 0.3 is 11.9 Å². The monoisotopic (exact) mass is 1030 g/mol. The molecule has 0 N–H and O–H groups in total. The Balaban J connectivity index is 4.16. The van der Waals surface area contributed by atoms with Crippen molar-refractivity contribution in [2.45, 2.75) is 309 Å². The van der Waals surface area contributed by atoms with Crippen molar-refractivity contribution in [3.8, 4) is 0 Å². The molecule has 0 spiro atoms. The lowest BCUT2D eigenvalue weighted by Crippen LogP contribution is -2.44. The van der Waals surface area contributed by atoms with E-state index in [1.165, 1.54) is 212 Å². The van der Waals surface area contributed by atoms with E-state index in [1.807, 2.05) is 21.1 Å². The van der Waals surface area contributed by atoms with Crippen molar-refractivity contribution in [2.75, 3.05) is 47.5 Å². The lowest BCUT2D eigenvalue weighted by Gasteiger charge is -2.26. The van der Waals surface area contributed by atoms with Crippen molar-refractivity contribution in [3.63, 3.8) is 0 Å². The van der Waals surface area contributed by atoms with Crippen molar-refractivity contribution < 1.29 is 42.9 Å². The number of carboxylic acid groups (broad SMARTS) is 1. The van der Waals surface area contributed by atoms with Gasteiger partial charge in [0.25, 0.3) is 0 Å². The van der Waals surface area contributed by atoms with Gasteiger partial charge in [0.15, 0.2) is 12.4 Å². The van der Waals surface area contributed by atoms with E-state index in [1.54, 1.807) is 0 Å². The van der Waals surface area contributed by atoms with E-state index in [9.17, 15) is 19.5 Å². The molecule has 0 bridgehead atoms. The van der Waals surface area contributed by atoms with Crippen LogP contribution in [0.5, 0.6) is 0 Å². The van der Waals surface area contributed by atoms with Crippen LogP contribution in [-0.2, 0) is 33.3 Å². The third-order valence-corrected chi connectivity index (χ3v) is 13.9. The Morgan fingerprint density at radius 3 is 1.10 bits per heavy atom. The molecular weight excluding hydrogens is 911 g/mol. The maximum absolute atomic E-state index is 12.9. The van der Waals surface area contributed by atoms with Crippen LogP contribution < -0.4 is 5.11 Å². The van der Waals surface area contributed by atoms with E-state index in [4.69, 9.17) is 18.9 Å². The van der Waals surface area contributed by atoms with Crippen molar-refractivity contribution in [2.24, 2.45) is 0 Å². The fourth-order valence-electron chi connectivity index (χ4n) is 9.03. The second-order valence-electron chi connectivity index (χ2n) is 22.3. The van der Waals surface area contributed by atoms with E-state index in [0.717, 1.165) is 51.4 Å². The number of carbonyl (C=O) groups excluding carboxylic acids is 3. The van der Waals surface area contributed by atoms with Crippen LogP contribution in [0.25, 0.3) is 0 Å². The van der Waals surface area contributed by atoms with Gasteiger partial charge in [0.05, 0.1) is 40.3 Å². The summed E-state index contributed by atoms with van der Waals surface area (Å²) in [6.07, 6.45) is 64.9. The topological polar surface area (TPSA) is 111 Å². The van der Waals surface area contributed by atoms with E-state index < -0.39 is 24.3 Å². The van der Waals surface area contributed by atoms with E-state index in [0.29, 0.717) is 23.9 Å². The summed E-state index contributed by atoms with van der Waals surface area (Å²) in [5, 5.41) is 11.8. The van der Waals surface area contributed by atoms with E-state index in [2.05, 4.69) is 50.3 Å². The molecule has 0 aromatic carbocycles. The Morgan fingerprint density at radius 1 is 0.411 bits per heavy atom. The van der Waals surface area contributed by atoms with Gasteiger partial charge in [0.2, 0.25) is 0 Å². The fourth-order valence-corrected chi connectivity index (χ4v) is 9.03. The molecule has 0 aliphatic rings. The lowest BCUT2D eigenvalue weighted by atomic mass is 10.0. The molecule has 0 aromatic heterocycles. The first-order valence-electron chi connectivity index (χ1n) is 31.1. The number of allylic oxidation sites excluding steroid dienone is 6. The number of hydrogen-bond donors (Lipinski definition) is 0. The zero-order chi connectivity index (χ0) is 53.4. The number of unbranched alkanes of at least 4 members (excludes halogenated alkanes) is 37. The highest BCUT2D eigenvalue weighted by Gasteiger charge is 2.22. The summed E-state index contributed by atoms with van der Waals surface area (Å²) in [7, 11) is 5.93. The second kappa shape index (κ2) is 55.7. The summed E-state index contributed by atoms with van der Waals surface area (Å²) in [6.45, 7) is 4.78. The van der Waals surface area contributed by atoms with Crippen LogP contribution in [0, 0.1) is 0 Å². The first-order chi connectivity index (χ1) is 35.6. The molecule has 0 aliphatic carbocycles. The number of carboxylic acids is 1. The fraction of sp³-hybridized carbons (Fsp3) is 0.859. The largest absolute Gasteiger partial charge is 0.545 e. The SMILES string of the molecule is CCCCCCC/C=C\C/C=C\CCCCCCCCCCCC(=O)OC(COC(=O)CCCCCCCCCCCCCCCCC/C=C\CCCCCCCCCC)COC(OCC[N+](C)(C)C)C(=O)[O-]. The Bertz CT molecular complexity index is 1290. The minimum absolute atomic E-state index is 0.148. The molecule has 0 rings (SSSR count). The summed E-state index contributed by atoms with van der Waals surface area (Å²) in [6, 6.07) is 0. The Hall–Kier alpha value is -2.49. The number of quaternary nitrogens is 1. The summed E-state index contributed by atoms with van der Waals surface area (Å²) in [4.78, 5) is 37.3. The quantitative estimate of drug-likeness (QED) is 0.0195. The number of ether oxygens (including phenoxy) is 4. The molecule has 9 heteroatoms. The summed E-state index contributed by atoms with van der Waals surface area (Å²) < 4.78 is 22.7. The Morgan fingerprint density at radius 2 is 0.740 bits per heavy atom. The van der Waals surface area contributed by atoms with Gasteiger partial charge < -0.3 is 33.3 Å². The highest BCUT2D eigenvalue weighted by molar-refractivity contribution is 5.70. The van der Waals surface area contributed by atoms with Crippen molar-refractivity contribution >= 4 is 17.9 Å². The third kappa shape index (κ3) is 57.1. The van der Waals surface area contributed by atoms with Crippen LogP contribution in [0.3, 0.4) is 0 Å². The molecule has 2 unspecified atom stereocenters. The van der Waals surface area contributed by atoms with Gasteiger partial charge in [0, 0.05) is 12.8 Å².